The van der Waals surface area contributed by atoms with Gasteiger partial charge in [-0.05, 0) is 37.6 Å². The molecule has 1 fully saturated rings. The van der Waals surface area contributed by atoms with E-state index in [0.717, 1.165) is 41.6 Å². The molecule has 0 aromatic carbocycles. The van der Waals surface area contributed by atoms with Crippen LogP contribution >= 0.6 is 0 Å². The first-order valence-corrected chi connectivity index (χ1v) is 8.17. The molecule has 7 heteroatoms. The molecule has 1 aliphatic rings. The molecule has 3 aromatic rings. The lowest BCUT2D eigenvalue weighted by Gasteiger charge is -2.13. The lowest BCUT2D eigenvalue weighted by molar-refractivity contribution is 0.140. The second kappa shape index (κ2) is 6.26. The monoisotopic (exact) mass is 327 g/mol. The number of rotatable bonds is 5. The summed E-state index contributed by atoms with van der Waals surface area (Å²) in [6.07, 6.45) is 2.17. The Bertz CT molecular complexity index is 792. The predicted octanol–water partition coefficient (Wildman–Crippen LogP) is 1.74. The molecular formula is C17H21N5O2. The summed E-state index contributed by atoms with van der Waals surface area (Å²) in [6.45, 7) is 4.19. The van der Waals surface area contributed by atoms with E-state index in [1.54, 1.807) is 6.20 Å². The minimum absolute atomic E-state index is 0.203. The third-order valence-electron chi connectivity index (χ3n) is 4.52. The number of nitrogens with one attached hydrogen (secondary N) is 2. The summed E-state index contributed by atoms with van der Waals surface area (Å²) in [5, 5.41) is 24.4. The van der Waals surface area contributed by atoms with Crippen LogP contribution in [0.1, 0.15) is 17.1 Å². The smallest absolute Gasteiger partial charge is 0.152 e. The Kier molecular flexibility index (Phi) is 3.95. The number of aromatic nitrogens is 4. The Morgan fingerprint density at radius 1 is 1.29 bits per heavy atom. The number of β-amino-alcohol motifs (C(OH)–C–C–N with tert-alkyl or cyclic N) is 1. The maximum absolute atomic E-state index is 10.3. The van der Waals surface area contributed by atoms with Gasteiger partial charge in [0.1, 0.15) is 11.5 Å². The van der Waals surface area contributed by atoms with E-state index in [-0.39, 0.29) is 12.0 Å². The zero-order valence-corrected chi connectivity index (χ0v) is 13.6. The average molecular weight is 327 g/mol. The van der Waals surface area contributed by atoms with Crippen LogP contribution in [0.3, 0.4) is 0 Å². The number of aryl methyl sites for hydroxylation is 1. The van der Waals surface area contributed by atoms with Crippen LogP contribution in [0.5, 0.6) is 0 Å². The molecule has 0 aliphatic carbocycles. The van der Waals surface area contributed by atoms with E-state index in [0.29, 0.717) is 13.1 Å². The number of hydrogen-bond acceptors (Lipinski definition) is 5. The second-order valence-corrected chi connectivity index (χ2v) is 6.50. The van der Waals surface area contributed by atoms with E-state index in [1.807, 2.05) is 31.2 Å². The fraction of sp³-hybridized carbons (Fsp3) is 0.412. The highest BCUT2D eigenvalue weighted by molar-refractivity contribution is 5.51. The van der Waals surface area contributed by atoms with Gasteiger partial charge in [0.15, 0.2) is 5.76 Å². The van der Waals surface area contributed by atoms with Crippen molar-refractivity contribution in [1.82, 2.24) is 25.3 Å². The maximum Gasteiger partial charge on any atom is 0.152 e. The summed E-state index contributed by atoms with van der Waals surface area (Å²) >= 11 is 0. The number of likely N-dealkylation sites (tertiary alicyclic amines) is 1. The quantitative estimate of drug-likeness (QED) is 0.663. The summed E-state index contributed by atoms with van der Waals surface area (Å²) in [4.78, 5) is 2.23. The van der Waals surface area contributed by atoms with Crippen LogP contribution < -0.4 is 0 Å². The van der Waals surface area contributed by atoms with Gasteiger partial charge in [0.2, 0.25) is 0 Å². The summed E-state index contributed by atoms with van der Waals surface area (Å²) in [5.41, 5.74) is 2.93. The van der Waals surface area contributed by atoms with Crippen LogP contribution in [0.2, 0.25) is 0 Å². The largest absolute Gasteiger partial charge is 0.458 e. The Labute approximate surface area is 139 Å². The molecule has 24 heavy (non-hydrogen) atoms. The Hall–Kier alpha value is -2.38. The summed E-state index contributed by atoms with van der Waals surface area (Å²) < 4.78 is 5.87. The number of aliphatic hydroxyl groups is 1. The van der Waals surface area contributed by atoms with Gasteiger partial charge in [-0.25, -0.2) is 0 Å². The van der Waals surface area contributed by atoms with Crippen molar-refractivity contribution in [3.63, 3.8) is 0 Å². The number of aromatic amines is 2. The van der Waals surface area contributed by atoms with Crippen LogP contribution in [0.15, 0.2) is 34.9 Å². The normalized spacial score (nSPS) is 21.6. The minimum Gasteiger partial charge on any atom is -0.458 e. The van der Waals surface area contributed by atoms with Gasteiger partial charge in [-0.2, -0.15) is 10.2 Å². The van der Waals surface area contributed by atoms with Crippen LogP contribution in [-0.2, 0) is 13.0 Å². The fourth-order valence-electron chi connectivity index (χ4n) is 3.34. The summed E-state index contributed by atoms with van der Waals surface area (Å²) in [7, 11) is 0. The third-order valence-corrected chi connectivity index (χ3v) is 4.52. The summed E-state index contributed by atoms with van der Waals surface area (Å²) in [5.74, 6) is 1.88. The average Bonchev–Trinajstić information content (AvgIpc) is 3.29. The van der Waals surface area contributed by atoms with Crippen LogP contribution in [-0.4, -0.2) is 49.6 Å². The van der Waals surface area contributed by atoms with E-state index in [4.69, 9.17) is 4.42 Å². The molecule has 0 spiro atoms. The van der Waals surface area contributed by atoms with Crippen molar-refractivity contribution in [2.75, 3.05) is 13.1 Å². The molecule has 3 N–H and O–H groups in total. The predicted molar refractivity (Wildman–Crippen MR) is 88.1 cm³/mol. The van der Waals surface area contributed by atoms with E-state index in [1.165, 1.54) is 0 Å². The number of nitrogens with zero attached hydrogens (tertiary/aromatic N) is 3. The molecule has 2 atom stereocenters. The SMILES string of the molecule is Cc1cc(C[C@@H]2CN(Cc3ccc(-c4ccn[nH]4)o3)C[C@H]2O)n[nH]1. The molecule has 1 saturated heterocycles. The van der Waals surface area contributed by atoms with Gasteiger partial charge in [0, 0.05) is 30.9 Å². The molecule has 4 rings (SSSR count). The molecule has 126 valence electrons. The van der Waals surface area contributed by atoms with E-state index in [2.05, 4.69) is 25.3 Å². The lowest BCUT2D eigenvalue weighted by atomic mass is 10.0. The molecule has 3 aromatic heterocycles. The first-order chi connectivity index (χ1) is 11.7. The van der Waals surface area contributed by atoms with E-state index in [9.17, 15) is 5.11 Å². The zero-order valence-electron chi connectivity index (χ0n) is 13.6. The van der Waals surface area contributed by atoms with Crippen molar-refractivity contribution in [3.8, 4) is 11.5 Å². The van der Waals surface area contributed by atoms with Gasteiger partial charge >= 0.3 is 0 Å². The first kappa shape index (κ1) is 15.2. The highest BCUT2D eigenvalue weighted by Gasteiger charge is 2.32. The lowest BCUT2D eigenvalue weighted by Crippen LogP contribution is -2.21. The maximum atomic E-state index is 10.3. The van der Waals surface area contributed by atoms with Crippen molar-refractivity contribution in [2.24, 2.45) is 5.92 Å². The number of furan rings is 1. The molecule has 0 saturated carbocycles. The zero-order chi connectivity index (χ0) is 16.5. The highest BCUT2D eigenvalue weighted by atomic mass is 16.3. The van der Waals surface area contributed by atoms with Gasteiger partial charge in [0.25, 0.3) is 0 Å². The minimum atomic E-state index is -0.330. The van der Waals surface area contributed by atoms with Crippen molar-refractivity contribution >= 4 is 0 Å². The van der Waals surface area contributed by atoms with Gasteiger partial charge in [-0.15, -0.1) is 0 Å². The van der Waals surface area contributed by atoms with E-state index >= 15 is 0 Å². The van der Waals surface area contributed by atoms with Crippen molar-refractivity contribution in [1.29, 1.82) is 0 Å². The molecular weight excluding hydrogens is 306 g/mol. The standard InChI is InChI=1S/C17H21N5O2/c1-11-6-13(20-19-11)7-12-8-22(10-16(12)23)9-14-2-3-17(24-14)15-4-5-18-21-15/h2-6,12,16,23H,7-10H2,1H3,(H,18,21)(H,19,20)/t12-,16-/m1/s1. The van der Waals surface area contributed by atoms with Crippen molar-refractivity contribution < 1.29 is 9.52 Å². The molecule has 1 aliphatic heterocycles. The van der Waals surface area contributed by atoms with Gasteiger partial charge in [0.05, 0.1) is 18.3 Å². The Morgan fingerprint density at radius 2 is 2.21 bits per heavy atom. The fourth-order valence-corrected chi connectivity index (χ4v) is 3.34. The van der Waals surface area contributed by atoms with Crippen LogP contribution in [0.4, 0.5) is 0 Å². The summed E-state index contributed by atoms with van der Waals surface area (Å²) in [6, 6.07) is 7.84. The van der Waals surface area contributed by atoms with Crippen LogP contribution in [0, 0.1) is 12.8 Å². The van der Waals surface area contributed by atoms with Crippen molar-refractivity contribution in [2.45, 2.75) is 26.0 Å². The number of aliphatic hydroxyl groups excluding tert-OH is 1. The Morgan fingerprint density at radius 3 is 2.96 bits per heavy atom. The topological polar surface area (TPSA) is 94.0 Å². The molecule has 0 radical (unpaired) electrons. The van der Waals surface area contributed by atoms with Crippen molar-refractivity contribution in [3.05, 3.63) is 47.6 Å². The van der Waals surface area contributed by atoms with Gasteiger partial charge in [-0.3, -0.25) is 15.1 Å². The highest BCUT2D eigenvalue weighted by Crippen LogP contribution is 2.25. The molecule has 0 unspecified atom stereocenters. The molecule has 0 amide bonds. The molecule has 7 nitrogen and oxygen atoms in total. The molecule has 4 heterocycles. The third kappa shape index (κ3) is 3.13. The van der Waals surface area contributed by atoms with Gasteiger partial charge < -0.3 is 9.52 Å². The number of hydrogen-bond donors (Lipinski definition) is 3. The Balaban J connectivity index is 1.37. The molecule has 0 bridgehead atoms. The number of H-pyrrole nitrogens is 2. The first-order valence-electron chi connectivity index (χ1n) is 8.17. The van der Waals surface area contributed by atoms with Crippen LogP contribution in [0.25, 0.3) is 11.5 Å². The second-order valence-electron chi connectivity index (χ2n) is 6.50. The van der Waals surface area contributed by atoms with E-state index < -0.39 is 0 Å². The van der Waals surface area contributed by atoms with Gasteiger partial charge in [-0.1, -0.05) is 0 Å².